The van der Waals surface area contributed by atoms with E-state index in [0.717, 1.165) is 18.8 Å². The molecular formula is C16H17ClN4O2. The molecule has 6 nitrogen and oxygen atoms in total. The summed E-state index contributed by atoms with van der Waals surface area (Å²) in [5.74, 6) is 0. The van der Waals surface area contributed by atoms with E-state index in [1.807, 2.05) is 12.1 Å². The van der Waals surface area contributed by atoms with Crippen LogP contribution in [0, 0.1) is 0 Å². The zero-order chi connectivity index (χ0) is 16.1. The lowest BCUT2D eigenvalue weighted by Crippen LogP contribution is -2.33. The minimum Gasteiger partial charge on any atom is -0.369 e. The van der Waals surface area contributed by atoms with Gasteiger partial charge in [-0.25, -0.2) is 4.79 Å². The van der Waals surface area contributed by atoms with Crippen molar-refractivity contribution in [1.82, 2.24) is 10.3 Å². The summed E-state index contributed by atoms with van der Waals surface area (Å²) < 4.78 is 5.64. The van der Waals surface area contributed by atoms with Crippen LogP contribution in [-0.2, 0) is 4.74 Å². The van der Waals surface area contributed by atoms with Crippen LogP contribution in [0.2, 0.25) is 5.02 Å². The van der Waals surface area contributed by atoms with Crippen LogP contribution >= 0.6 is 11.6 Å². The molecule has 0 spiro atoms. The number of morpholine rings is 1. The maximum atomic E-state index is 11.9. The Labute approximate surface area is 139 Å². The quantitative estimate of drug-likeness (QED) is 0.807. The molecule has 1 fully saturated rings. The molecule has 2 amide bonds. The third kappa shape index (κ3) is 4.41. The first-order valence-corrected chi connectivity index (χ1v) is 7.70. The molecule has 3 N–H and O–H groups in total. The van der Waals surface area contributed by atoms with Crippen LogP contribution in [0.1, 0.15) is 11.8 Å². The number of anilines is 2. The fourth-order valence-electron chi connectivity index (χ4n) is 2.25. The molecule has 0 aliphatic carbocycles. The third-order valence-electron chi connectivity index (χ3n) is 3.40. The van der Waals surface area contributed by atoms with E-state index in [2.05, 4.69) is 20.9 Å². The summed E-state index contributed by atoms with van der Waals surface area (Å²) in [7, 11) is 0. The number of halogens is 1. The number of pyridine rings is 1. The second-order valence-electron chi connectivity index (χ2n) is 5.12. The molecule has 1 saturated heterocycles. The largest absolute Gasteiger partial charge is 0.369 e. The van der Waals surface area contributed by atoms with Crippen molar-refractivity contribution in [2.45, 2.75) is 6.10 Å². The summed E-state index contributed by atoms with van der Waals surface area (Å²) in [5.41, 5.74) is 2.13. The van der Waals surface area contributed by atoms with Gasteiger partial charge in [0.25, 0.3) is 0 Å². The number of urea groups is 1. The van der Waals surface area contributed by atoms with E-state index in [9.17, 15) is 4.79 Å². The molecule has 1 aliphatic rings. The Morgan fingerprint density at radius 3 is 2.57 bits per heavy atom. The van der Waals surface area contributed by atoms with Crippen molar-refractivity contribution in [2.75, 3.05) is 30.3 Å². The summed E-state index contributed by atoms with van der Waals surface area (Å²) in [6.07, 6.45) is 1.58. The van der Waals surface area contributed by atoms with E-state index in [0.29, 0.717) is 23.0 Å². The first-order valence-electron chi connectivity index (χ1n) is 7.32. The molecule has 0 radical (unpaired) electrons. The lowest BCUT2D eigenvalue weighted by atomic mass is 10.2. The van der Waals surface area contributed by atoms with Crippen LogP contribution in [0.3, 0.4) is 0 Å². The van der Waals surface area contributed by atoms with Gasteiger partial charge in [-0.1, -0.05) is 11.6 Å². The number of rotatable bonds is 3. The van der Waals surface area contributed by atoms with Crippen LogP contribution in [0.5, 0.6) is 0 Å². The molecule has 1 aromatic carbocycles. The van der Waals surface area contributed by atoms with Crippen molar-refractivity contribution in [2.24, 2.45) is 0 Å². The molecule has 120 valence electrons. The highest BCUT2D eigenvalue weighted by molar-refractivity contribution is 6.30. The smallest absolute Gasteiger partial charge is 0.323 e. The molecule has 2 aromatic rings. The number of carbonyl (C=O) groups is 1. The minimum absolute atomic E-state index is 0.0410. The zero-order valence-corrected chi connectivity index (χ0v) is 13.1. The number of amides is 2. The van der Waals surface area contributed by atoms with E-state index < -0.39 is 0 Å². The van der Waals surface area contributed by atoms with Gasteiger partial charge < -0.3 is 20.7 Å². The summed E-state index contributed by atoms with van der Waals surface area (Å²) in [6, 6.07) is 10.2. The number of carbonyl (C=O) groups excluding carboxylic acids is 1. The normalized spacial score (nSPS) is 17.5. The number of ether oxygens (including phenoxy) is 1. The summed E-state index contributed by atoms with van der Waals surface area (Å²) in [6.45, 7) is 2.29. The van der Waals surface area contributed by atoms with Gasteiger partial charge >= 0.3 is 6.03 Å². The highest BCUT2D eigenvalue weighted by atomic mass is 35.5. The van der Waals surface area contributed by atoms with E-state index in [-0.39, 0.29) is 12.1 Å². The molecule has 23 heavy (non-hydrogen) atoms. The topological polar surface area (TPSA) is 75.3 Å². The number of benzene rings is 1. The maximum absolute atomic E-state index is 11.9. The number of nitrogens with zero attached hydrogens (tertiary/aromatic N) is 1. The fraction of sp³-hybridized carbons (Fsp3) is 0.250. The average molecular weight is 333 g/mol. The molecule has 7 heteroatoms. The molecule has 1 aromatic heterocycles. The highest BCUT2D eigenvalue weighted by Gasteiger charge is 2.16. The monoisotopic (exact) mass is 332 g/mol. The van der Waals surface area contributed by atoms with Gasteiger partial charge in [-0.05, 0) is 36.4 Å². The summed E-state index contributed by atoms with van der Waals surface area (Å²) >= 11 is 5.81. The SMILES string of the molecule is O=C(Nc1ccc(Cl)cc1)Nc1ccc([C@@H]2CNCCO2)nc1. The van der Waals surface area contributed by atoms with E-state index >= 15 is 0 Å². The third-order valence-corrected chi connectivity index (χ3v) is 3.66. The Balaban J connectivity index is 1.57. The van der Waals surface area contributed by atoms with Crippen LogP contribution in [-0.4, -0.2) is 30.7 Å². The van der Waals surface area contributed by atoms with Gasteiger partial charge in [0.15, 0.2) is 0 Å². The molecule has 1 aliphatic heterocycles. The Morgan fingerprint density at radius 2 is 1.91 bits per heavy atom. The predicted molar refractivity (Wildman–Crippen MR) is 89.9 cm³/mol. The highest BCUT2D eigenvalue weighted by Crippen LogP contribution is 2.18. The molecule has 0 saturated carbocycles. The number of aromatic nitrogens is 1. The Hall–Kier alpha value is -2.15. The van der Waals surface area contributed by atoms with Crippen molar-refractivity contribution in [1.29, 1.82) is 0 Å². The second-order valence-corrected chi connectivity index (χ2v) is 5.56. The molecule has 3 rings (SSSR count). The lowest BCUT2D eigenvalue weighted by Gasteiger charge is -2.23. The van der Waals surface area contributed by atoms with Gasteiger partial charge in [0.1, 0.15) is 6.10 Å². The number of hydrogen-bond donors (Lipinski definition) is 3. The lowest BCUT2D eigenvalue weighted by molar-refractivity contribution is 0.0250. The minimum atomic E-state index is -0.336. The molecule has 2 heterocycles. The van der Waals surface area contributed by atoms with Crippen molar-refractivity contribution in [3.8, 4) is 0 Å². The number of nitrogens with one attached hydrogen (secondary N) is 3. The van der Waals surface area contributed by atoms with E-state index in [4.69, 9.17) is 16.3 Å². The predicted octanol–water partition coefficient (Wildman–Crippen LogP) is 3.04. The molecule has 1 atom stereocenters. The van der Waals surface area contributed by atoms with E-state index in [1.54, 1.807) is 30.5 Å². The van der Waals surface area contributed by atoms with Gasteiger partial charge in [0.05, 0.1) is 24.2 Å². The molecule has 0 bridgehead atoms. The zero-order valence-electron chi connectivity index (χ0n) is 12.4. The van der Waals surface area contributed by atoms with Gasteiger partial charge in [-0.15, -0.1) is 0 Å². The Morgan fingerprint density at radius 1 is 1.17 bits per heavy atom. The van der Waals surface area contributed by atoms with Crippen LogP contribution in [0.15, 0.2) is 42.6 Å². The summed E-state index contributed by atoms with van der Waals surface area (Å²) in [5, 5.41) is 9.34. The van der Waals surface area contributed by atoms with Crippen molar-refractivity contribution in [3.05, 3.63) is 53.3 Å². The molecular weight excluding hydrogens is 316 g/mol. The van der Waals surface area contributed by atoms with Gasteiger partial charge in [-0.2, -0.15) is 0 Å². The fourth-order valence-corrected chi connectivity index (χ4v) is 2.38. The van der Waals surface area contributed by atoms with Crippen LogP contribution < -0.4 is 16.0 Å². The second kappa shape index (κ2) is 7.41. The van der Waals surface area contributed by atoms with Gasteiger partial charge in [0, 0.05) is 23.8 Å². The Kier molecular flexibility index (Phi) is 5.07. The van der Waals surface area contributed by atoms with E-state index in [1.165, 1.54) is 0 Å². The van der Waals surface area contributed by atoms with Crippen LogP contribution in [0.25, 0.3) is 0 Å². The van der Waals surface area contributed by atoms with Crippen molar-refractivity contribution < 1.29 is 9.53 Å². The summed E-state index contributed by atoms with van der Waals surface area (Å²) in [4.78, 5) is 16.3. The first-order chi connectivity index (χ1) is 11.2. The standard InChI is InChI=1S/C16H17ClN4O2/c17-11-1-3-12(4-2-11)20-16(22)21-13-5-6-14(19-9-13)15-10-18-7-8-23-15/h1-6,9,15,18H,7-8,10H2,(H2,20,21,22)/t15-/m0/s1. The first kappa shape index (κ1) is 15.7. The van der Waals surface area contributed by atoms with Crippen molar-refractivity contribution >= 4 is 29.0 Å². The molecule has 0 unspecified atom stereocenters. The number of hydrogen-bond acceptors (Lipinski definition) is 4. The maximum Gasteiger partial charge on any atom is 0.323 e. The van der Waals surface area contributed by atoms with Crippen molar-refractivity contribution in [3.63, 3.8) is 0 Å². The Bertz CT molecular complexity index is 655. The van der Waals surface area contributed by atoms with Crippen LogP contribution in [0.4, 0.5) is 16.2 Å². The van der Waals surface area contributed by atoms with Gasteiger partial charge in [0.2, 0.25) is 0 Å². The van der Waals surface area contributed by atoms with Gasteiger partial charge in [-0.3, -0.25) is 4.98 Å². The average Bonchev–Trinajstić information content (AvgIpc) is 2.58.